The van der Waals surface area contributed by atoms with Gasteiger partial charge in [-0.2, -0.15) is 0 Å². The Morgan fingerprint density at radius 1 is 0.969 bits per heavy atom. The first kappa shape index (κ1) is 21.2. The maximum atomic E-state index is 13.9. The summed E-state index contributed by atoms with van der Waals surface area (Å²) in [6.07, 6.45) is 2.04. The first-order valence-electron chi connectivity index (χ1n) is 9.93. The van der Waals surface area contributed by atoms with E-state index >= 15 is 0 Å². The van der Waals surface area contributed by atoms with Crippen LogP contribution in [0.3, 0.4) is 0 Å². The fourth-order valence-electron chi connectivity index (χ4n) is 3.83. The zero-order valence-electron chi connectivity index (χ0n) is 16.8. The van der Waals surface area contributed by atoms with Gasteiger partial charge in [-0.05, 0) is 34.4 Å². The number of fused-ring (bicyclic) bond motifs is 3. The predicted molar refractivity (Wildman–Crippen MR) is 115 cm³/mol. The van der Waals surface area contributed by atoms with Gasteiger partial charge in [-0.1, -0.05) is 60.7 Å². The quantitative estimate of drug-likeness (QED) is 0.557. The highest BCUT2D eigenvalue weighted by Crippen LogP contribution is 2.44. The lowest BCUT2D eigenvalue weighted by Gasteiger charge is -2.14. The van der Waals surface area contributed by atoms with Crippen LogP contribution in [0.5, 0.6) is 0 Å². The monoisotopic (exact) mass is 435 g/mol. The van der Waals surface area contributed by atoms with E-state index in [1.54, 1.807) is 0 Å². The molecule has 1 aliphatic rings. The average molecular weight is 435 g/mol. The summed E-state index contributed by atoms with van der Waals surface area (Å²) >= 11 is 0. The van der Waals surface area contributed by atoms with Crippen molar-refractivity contribution in [2.24, 2.45) is 0 Å². The van der Waals surface area contributed by atoms with E-state index < -0.39 is 29.3 Å². The Morgan fingerprint density at radius 3 is 2.22 bits per heavy atom. The number of carbonyl (C=O) groups is 2. The zero-order chi connectivity index (χ0) is 22.7. The lowest BCUT2D eigenvalue weighted by Crippen LogP contribution is -2.26. The molecule has 0 radical (unpaired) electrons. The van der Waals surface area contributed by atoms with Gasteiger partial charge in [0.05, 0.1) is 5.56 Å². The Hall–Kier alpha value is -4.00. The minimum absolute atomic E-state index is 0.0262. The number of carboxylic acids is 1. The van der Waals surface area contributed by atoms with Crippen molar-refractivity contribution in [1.29, 1.82) is 0 Å². The van der Waals surface area contributed by atoms with Crippen molar-refractivity contribution in [3.63, 3.8) is 0 Å². The number of benzene rings is 3. The SMILES string of the molecule is O=C(NCC=Cc1cc(F)c(C(=O)O)cc1F)OCC1c2ccccc2-c2ccccc21. The van der Waals surface area contributed by atoms with Gasteiger partial charge in [0.1, 0.15) is 18.2 Å². The van der Waals surface area contributed by atoms with Crippen molar-refractivity contribution in [2.75, 3.05) is 13.2 Å². The molecule has 7 heteroatoms. The van der Waals surface area contributed by atoms with E-state index in [1.807, 2.05) is 48.5 Å². The third kappa shape index (κ3) is 4.23. The van der Waals surface area contributed by atoms with Crippen LogP contribution in [0.25, 0.3) is 17.2 Å². The van der Waals surface area contributed by atoms with Crippen LogP contribution in [-0.2, 0) is 4.74 Å². The predicted octanol–water partition coefficient (Wildman–Crippen LogP) is 5.21. The van der Waals surface area contributed by atoms with Crippen molar-refractivity contribution in [1.82, 2.24) is 5.32 Å². The van der Waals surface area contributed by atoms with Crippen LogP contribution in [-0.4, -0.2) is 30.3 Å². The maximum absolute atomic E-state index is 13.9. The summed E-state index contributed by atoms with van der Waals surface area (Å²) in [5.74, 6) is -3.52. The molecule has 3 aromatic rings. The van der Waals surface area contributed by atoms with Gasteiger partial charge in [0.25, 0.3) is 0 Å². The van der Waals surface area contributed by atoms with Crippen molar-refractivity contribution in [3.8, 4) is 11.1 Å². The molecule has 0 unspecified atom stereocenters. The minimum Gasteiger partial charge on any atom is -0.478 e. The molecule has 4 rings (SSSR count). The van der Waals surface area contributed by atoms with Crippen LogP contribution >= 0.6 is 0 Å². The first-order chi connectivity index (χ1) is 15.5. The third-order valence-corrected chi connectivity index (χ3v) is 5.32. The molecule has 162 valence electrons. The highest BCUT2D eigenvalue weighted by molar-refractivity contribution is 5.88. The number of hydrogen-bond donors (Lipinski definition) is 2. The summed E-state index contributed by atoms with van der Waals surface area (Å²) in [6, 6.07) is 17.4. The number of carbonyl (C=O) groups excluding carboxylic acids is 1. The van der Waals surface area contributed by atoms with Gasteiger partial charge in [-0.3, -0.25) is 0 Å². The number of carboxylic acid groups (broad SMARTS) is 1. The highest BCUT2D eigenvalue weighted by atomic mass is 19.1. The molecule has 2 N–H and O–H groups in total. The van der Waals surface area contributed by atoms with Crippen LogP contribution < -0.4 is 5.32 Å². The topological polar surface area (TPSA) is 75.6 Å². The number of halogens is 2. The Morgan fingerprint density at radius 2 is 1.59 bits per heavy atom. The summed E-state index contributed by atoms with van der Waals surface area (Å²) in [7, 11) is 0. The Kier molecular flexibility index (Phi) is 5.98. The molecule has 0 saturated heterocycles. The molecule has 3 aromatic carbocycles. The fourth-order valence-corrected chi connectivity index (χ4v) is 3.83. The van der Waals surface area contributed by atoms with Crippen molar-refractivity contribution < 1.29 is 28.2 Å². The number of rotatable bonds is 6. The van der Waals surface area contributed by atoms with Crippen molar-refractivity contribution in [3.05, 3.63) is 101 Å². The van der Waals surface area contributed by atoms with Gasteiger partial charge in [0, 0.05) is 18.0 Å². The van der Waals surface area contributed by atoms with Crippen LogP contribution in [0.2, 0.25) is 0 Å². The Balaban J connectivity index is 1.34. The molecule has 0 saturated carbocycles. The second-order valence-corrected chi connectivity index (χ2v) is 7.27. The maximum Gasteiger partial charge on any atom is 0.407 e. The molecule has 0 heterocycles. The lowest BCUT2D eigenvalue weighted by molar-refractivity contribution is 0.0691. The standard InChI is InChI=1S/C25H19F2NO4/c26-22-13-20(24(29)30)23(27)12-15(22)6-5-11-28-25(31)32-14-21-18-9-3-1-7-16(18)17-8-2-4-10-19(17)21/h1-10,12-13,21H,11,14H2,(H,28,31)(H,29,30). The average Bonchev–Trinajstić information content (AvgIpc) is 3.11. The van der Waals surface area contributed by atoms with E-state index in [2.05, 4.69) is 5.32 Å². The zero-order valence-corrected chi connectivity index (χ0v) is 16.8. The summed E-state index contributed by atoms with van der Waals surface area (Å²) in [4.78, 5) is 22.9. The second-order valence-electron chi connectivity index (χ2n) is 7.27. The fraction of sp³-hybridized carbons (Fsp3) is 0.120. The molecule has 0 aliphatic heterocycles. The summed E-state index contributed by atoms with van der Waals surface area (Å²) < 4.78 is 33.0. The first-order valence-corrected chi connectivity index (χ1v) is 9.93. The van der Waals surface area contributed by atoms with Gasteiger partial charge in [0.15, 0.2) is 0 Å². The van der Waals surface area contributed by atoms with Gasteiger partial charge in [0.2, 0.25) is 0 Å². The van der Waals surface area contributed by atoms with E-state index in [4.69, 9.17) is 9.84 Å². The number of alkyl carbamates (subject to hydrolysis) is 1. The molecule has 32 heavy (non-hydrogen) atoms. The normalized spacial score (nSPS) is 12.4. The van der Waals surface area contributed by atoms with Crippen LogP contribution in [0.15, 0.2) is 66.7 Å². The molecule has 0 aromatic heterocycles. The largest absolute Gasteiger partial charge is 0.478 e. The lowest BCUT2D eigenvalue weighted by atomic mass is 9.98. The molecule has 1 aliphatic carbocycles. The number of ether oxygens (including phenoxy) is 1. The van der Waals surface area contributed by atoms with Gasteiger partial charge >= 0.3 is 12.1 Å². The van der Waals surface area contributed by atoms with E-state index in [0.29, 0.717) is 6.07 Å². The molecule has 5 nitrogen and oxygen atoms in total. The van der Waals surface area contributed by atoms with E-state index in [1.165, 1.54) is 12.2 Å². The number of nitrogens with one attached hydrogen (secondary N) is 1. The molecule has 0 fully saturated rings. The molecular formula is C25H19F2NO4. The Labute approximate surface area is 183 Å². The van der Waals surface area contributed by atoms with Crippen molar-refractivity contribution in [2.45, 2.75) is 5.92 Å². The minimum atomic E-state index is -1.55. The molecular weight excluding hydrogens is 416 g/mol. The van der Waals surface area contributed by atoms with Gasteiger partial charge in [-0.15, -0.1) is 0 Å². The van der Waals surface area contributed by atoms with Crippen LogP contribution in [0.4, 0.5) is 13.6 Å². The number of hydrogen-bond acceptors (Lipinski definition) is 3. The molecule has 1 amide bonds. The second kappa shape index (κ2) is 9.01. The number of aromatic carboxylic acids is 1. The molecule has 0 spiro atoms. The molecule has 0 atom stereocenters. The van der Waals surface area contributed by atoms with E-state index in [0.717, 1.165) is 28.3 Å². The Bertz CT molecular complexity index is 1180. The smallest absolute Gasteiger partial charge is 0.407 e. The van der Waals surface area contributed by atoms with Crippen LogP contribution in [0.1, 0.15) is 33.0 Å². The molecule has 0 bridgehead atoms. The summed E-state index contributed by atoms with van der Waals surface area (Å²) in [5, 5.41) is 11.3. The van der Waals surface area contributed by atoms with Crippen LogP contribution in [0, 0.1) is 11.6 Å². The third-order valence-electron chi connectivity index (χ3n) is 5.32. The van der Waals surface area contributed by atoms with E-state index in [9.17, 15) is 18.4 Å². The van der Waals surface area contributed by atoms with Crippen molar-refractivity contribution >= 4 is 18.1 Å². The number of amides is 1. The summed E-state index contributed by atoms with van der Waals surface area (Å²) in [5.41, 5.74) is 3.59. The van der Waals surface area contributed by atoms with Gasteiger partial charge in [-0.25, -0.2) is 18.4 Å². The van der Waals surface area contributed by atoms with Gasteiger partial charge < -0.3 is 15.2 Å². The van der Waals surface area contributed by atoms with E-state index in [-0.39, 0.29) is 24.6 Å². The highest BCUT2D eigenvalue weighted by Gasteiger charge is 2.28. The summed E-state index contributed by atoms with van der Waals surface area (Å²) in [6.45, 7) is 0.193.